The molecule has 11 aromatic carbocycles. The fraction of sp³-hybridized carbons (Fsp3) is 0.153. The number of unbranched alkanes of at least 4 members (excludes halogenated alkanes) is 1. The zero-order valence-corrected chi connectivity index (χ0v) is 67.9. The molecule has 0 aliphatic carbocycles. The number of para-hydroxylation sites is 1. The first-order valence-electron chi connectivity index (χ1n) is 38.5. The standard InChI is InChI=1S/C14H12N4.C13H10N4O.C12H10N4O.C11H14N4O.C10H12N4O.C9H10N4O2.C8H8N4O.C8H8N4/c1-2-4-12(5-3-1)13-8-6-11(7-9-13)10-14-15-17-18-16-14;1-2-4-11(5-3-1)18-12-8-6-10(7-9-12)13-14-16-17-15-13;1-17-11-7-6-10(12-13-15-16-14-12)8-4-2-3-5-9(8)11;1-2-3-8-16-10-6-4-9(5-7-10)11-12-14-15-13-11;1-2-7-15-9-5-3-8(4-6-9)10-11-13-14-12-10;1-14-7-4-3-6(5-8(7)15-2)9-10-12-13-11-9;1-13-7-4-2-3-6(5-7)8-9-11-12-10-8;1-2-4-7(5-3-1)6-8-9-11-12-10-8/h1-9H,10H2,(H,15,16,17,18);1-9H,(H,14,15,16,17);2-7H,1H3,(H,13,14,15,16);4-7H,2-3,8H2,1H3,(H,12,13,14,15);3-6H,2,7H2,1H3,(H,11,12,13,14);3-5H,1-2H3,(H,10,11,12,13);2-5H,1H3,(H,9,10,11,12);1-5H,6H2,(H,9,10,11,12). The maximum absolute atomic E-state index is 5.69. The summed E-state index contributed by atoms with van der Waals surface area (Å²) in [7, 11) is 6.45. The monoisotopic (exact) mass is 1660 g/mol. The Morgan fingerprint density at radius 1 is 0.250 bits per heavy atom. The van der Waals surface area contributed by atoms with Crippen molar-refractivity contribution in [3.05, 3.63) is 290 Å². The molecule has 0 saturated carbocycles. The summed E-state index contributed by atoms with van der Waals surface area (Å²) in [5, 5.41) is 112. The largest absolute Gasteiger partial charge is 0.497 e. The highest BCUT2D eigenvalue weighted by Gasteiger charge is 2.14. The Hall–Kier alpha value is -17.2. The molecule has 39 heteroatoms. The second-order valence-corrected chi connectivity index (χ2v) is 25.7. The first-order valence-corrected chi connectivity index (χ1v) is 38.5. The van der Waals surface area contributed by atoms with Crippen LogP contribution in [0, 0.1) is 0 Å². The van der Waals surface area contributed by atoms with E-state index < -0.39 is 0 Å². The zero-order valence-electron chi connectivity index (χ0n) is 67.9. The van der Waals surface area contributed by atoms with Crippen LogP contribution in [0.4, 0.5) is 0 Å². The van der Waals surface area contributed by atoms with E-state index in [2.05, 4.69) is 215 Å². The molecule has 8 aromatic heterocycles. The predicted molar refractivity (Wildman–Crippen MR) is 456 cm³/mol. The average molecular weight is 1670 g/mol. The van der Waals surface area contributed by atoms with Gasteiger partial charge in [-0.05, 0) is 199 Å². The van der Waals surface area contributed by atoms with Crippen LogP contribution in [0.3, 0.4) is 0 Å². The number of rotatable bonds is 24. The maximum atomic E-state index is 5.69. The van der Waals surface area contributed by atoms with Crippen molar-refractivity contribution >= 4 is 10.8 Å². The lowest BCUT2D eigenvalue weighted by molar-refractivity contribution is 0.309. The van der Waals surface area contributed by atoms with E-state index in [-0.39, 0.29) is 0 Å². The zero-order chi connectivity index (χ0) is 85.8. The third-order valence-electron chi connectivity index (χ3n) is 17.3. The molecule has 0 bridgehead atoms. The SMILES string of the molecule is CCCCOc1ccc(-c2nn[nH]n2)cc1.CCCOc1ccc(-c2nn[nH]n2)cc1.COc1ccc(-c2nn[nH]n2)c2ccccc12.COc1ccc(-c2nn[nH]n2)cc1OC.COc1cccc(-c2nn[nH]n2)c1.c1ccc(-c2ccc(Cc3nn[nH]n3)cc2)cc1.c1ccc(Cc2nn[nH]n2)cc1.c1ccc(Oc2ccc(-c3nn[nH]n3)cc2)cc1. The number of aromatic amines is 8. The molecule has 0 amide bonds. The summed E-state index contributed by atoms with van der Waals surface area (Å²) in [6.45, 7) is 5.72. The molecular weight excluding hydrogens is 1580 g/mol. The van der Waals surface area contributed by atoms with E-state index >= 15 is 0 Å². The van der Waals surface area contributed by atoms with Gasteiger partial charge < -0.3 is 33.2 Å². The molecule has 19 aromatic rings. The normalized spacial score (nSPS) is 10.2. The van der Waals surface area contributed by atoms with Gasteiger partial charge in [0.05, 0.1) is 41.7 Å². The van der Waals surface area contributed by atoms with Crippen LogP contribution >= 0.6 is 0 Å². The number of nitrogens with one attached hydrogen (secondary N) is 8. The number of ether oxygens (including phenoxy) is 7. The van der Waals surface area contributed by atoms with Crippen molar-refractivity contribution in [2.75, 3.05) is 41.7 Å². The van der Waals surface area contributed by atoms with Gasteiger partial charge in [-0.15, -0.1) is 81.6 Å². The molecule has 0 fully saturated rings. The van der Waals surface area contributed by atoms with Crippen molar-refractivity contribution in [2.24, 2.45) is 0 Å². The van der Waals surface area contributed by atoms with E-state index in [0.29, 0.717) is 58.7 Å². The van der Waals surface area contributed by atoms with E-state index in [0.717, 1.165) is 123 Å². The van der Waals surface area contributed by atoms with Gasteiger partial charge in [0.1, 0.15) is 34.5 Å². The summed E-state index contributed by atoms with van der Waals surface area (Å²) in [5.41, 5.74) is 10.2. The van der Waals surface area contributed by atoms with Gasteiger partial charge in [0.25, 0.3) is 0 Å². The maximum Gasteiger partial charge on any atom is 0.205 e. The van der Waals surface area contributed by atoms with E-state index in [1.807, 2.05) is 218 Å². The Kier molecular flexibility index (Phi) is 32.9. The molecular formula is C85H84N32O7. The van der Waals surface area contributed by atoms with Crippen LogP contribution in [0.1, 0.15) is 55.9 Å². The van der Waals surface area contributed by atoms with Gasteiger partial charge in [0.15, 0.2) is 23.1 Å². The molecule has 8 N–H and O–H groups in total. The number of aromatic nitrogens is 32. The third kappa shape index (κ3) is 26.4. The molecule has 0 atom stereocenters. The lowest BCUT2D eigenvalue weighted by Gasteiger charge is -2.07. The summed E-state index contributed by atoms with van der Waals surface area (Å²) in [6, 6.07) is 86.0. The molecule has 0 radical (unpaired) electrons. The van der Waals surface area contributed by atoms with Crippen LogP contribution in [0.15, 0.2) is 267 Å². The number of H-pyrrole nitrogens is 8. The van der Waals surface area contributed by atoms with Gasteiger partial charge in [0, 0.05) is 51.6 Å². The topological polar surface area (TPSA) is 500 Å². The number of tetrazole rings is 8. The van der Waals surface area contributed by atoms with Crippen LogP contribution in [-0.4, -0.2) is 207 Å². The van der Waals surface area contributed by atoms with Crippen LogP contribution in [-0.2, 0) is 12.8 Å². The van der Waals surface area contributed by atoms with Crippen LogP contribution in [0.2, 0.25) is 0 Å². The second kappa shape index (κ2) is 47.3. The Morgan fingerprint density at radius 2 is 0.621 bits per heavy atom. The predicted octanol–water partition coefficient (Wildman–Crippen LogP) is 13.4. The first kappa shape index (κ1) is 86.2. The van der Waals surface area contributed by atoms with E-state index in [1.165, 1.54) is 22.3 Å². The van der Waals surface area contributed by atoms with Gasteiger partial charge >= 0.3 is 0 Å². The number of benzene rings is 11. The highest BCUT2D eigenvalue weighted by atomic mass is 16.5. The van der Waals surface area contributed by atoms with Gasteiger partial charge in [-0.25, -0.2) is 0 Å². The Balaban J connectivity index is 0.000000130. The minimum absolute atomic E-state index is 0.524. The van der Waals surface area contributed by atoms with Crippen molar-refractivity contribution in [3.63, 3.8) is 0 Å². The summed E-state index contributed by atoms with van der Waals surface area (Å²) in [5.74, 6) is 11.1. The number of fused-ring (bicyclic) bond motifs is 1. The third-order valence-corrected chi connectivity index (χ3v) is 17.3. The highest BCUT2D eigenvalue weighted by molar-refractivity contribution is 5.98. The Morgan fingerprint density at radius 3 is 1.08 bits per heavy atom. The molecule has 39 nitrogen and oxygen atoms in total. The average Bonchev–Trinajstić information content (AvgIpc) is 0.994. The van der Waals surface area contributed by atoms with Crippen molar-refractivity contribution in [1.82, 2.24) is 165 Å². The fourth-order valence-electron chi connectivity index (χ4n) is 11.3. The summed E-state index contributed by atoms with van der Waals surface area (Å²) in [6.07, 6.45) is 4.66. The second-order valence-electron chi connectivity index (χ2n) is 25.7. The lowest BCUT2D eigenvalue weighted by atomic mass is 10.0. The van der Waals surface area contributed by atoms with Gasteiger partial charge in [-0.1, -0.05) is 170 Å². The van der Waals surface area contributed by atoms with Gasteiger partial charge in [-0.3, -0.25) is 0 Å². The summed E-state index contributed by atoms with van der Waals surface area (Å²) >= 11 is 0. The fourth-order valence-corrected chi connectivity index (χ4v) is 11.3. The molecule has 0 aliphatic heterocycles. The summed E-state index contributed by atoms with van der Waals surface area (Å²) in [4.78, 5) is 0. The van der Waals surface area contributed by atoms with Crippen molar-refractivity contribution in [3.8, 4) is 125 Å². The molecule has 124 heavy (non-hydrogen) atoms. The molecule has 626 valence electrons. The van der Waals surface area contributed by atoms with Crippen LogP contribution in [0.25, 0.3) is 90.2 Å². The number of nitrogens with zero attached hydrogens (tertiary/aromatic N) is 24. The van der Waals surface area contributed by atoms with E-state index in [1.54, 1.807) is 40.6 Å². The number of hydrogen-bond donors (Lipinski definition) is 8. The quantitative estimate of drug-likeness (QED) is 0.0260. The Labute approximate surface area is 708 Å². The smallest absolute Gasteiger partial charge is 0.205 e. The minimum atomic E-state index is 0.524. The van der Waals surface area contributed by atoms with Gasteiger partial charge in [-0.2, -0.15) is 41.7 Å². The van der Waals surface area contributed by atoms with Crippen LogP contribution < -0.4 is 33.2 Å². The molecule has 0 saturated heterocycles. The highest BCUT2D eigenvalue weighted by Crippen LogP contribution is 2.34. The summed E-state index contributed by atoms with van der Waals surface area (Å²) < 4.78 is 37.4. The van der Waals surface area contributed by atoms with Gasteiger partial charge in [0.2, 0.25) is 34.9 Å². The minimum Gasteiger partial charge on any atom is -0.497 e. The molecule has 8 heterocycles. The van der Waals surface area contributed by atoms with Crippen molar-refractivity contribution in [2.45, 2.75) is 46.0 Å². The van der Waals surface area contributed by atoms with E-state index in [4.69, 9.17) is 33.2 Å². The van der Waals surface area contributed by atoms with E-state index in [9.17, 15) is 0 Å². The number of methoxy groups -OCH3 is 4. The molecule has 0 unspecified atom stereocenters. The lowest BCUT2D eigenvalue weighted by Crippen LogP contribution is -1.96. The first-order chi connectivity index (χ1) is 61.2. The number of hydrogen-bond acceptors (Lipinski definition) is 31. The van der Waals surface area contributed by atoms with Crippen LogP contribution in [0.5, 0.6) is 46.0 Å². The molecule has 19 rings (SSSR count). The molecule has 0 aliphatic rings. The molecule has 0 spiro atoms. The van der Waals surface area contributed by atoms with Crippen molar-refractivity contribution in [1.29, 1.82) is 0 Å². The Bertz CT molecular complexity index is 6040. The van der Waals surface area contributed by atoms with Crippen molar-refractivity contribution < 1.29 is 33.2 Å².